The lowest BCUT2D eigenvalue weighted by atomic mass is 9.40. The highest BCUT2D eigenvalue weighted by Crippen LogP contribution is 2.47. The summed E-state index contributed by atoms with van der Waals surface area (Å²) in [5, 5.41) is 4.62. The van der Waals surface area contributed by atoms with E-state index >= 15 is 0 Å². The lowest BCUT2D eigenvalue weighted by Crippen LogP contribution is -2.55. The molecule has 0 radical (unpaired) electrons. The fourth-order valence-corrected chi connectivity index (χ4v) is 7.56. The molecule has 39 heavy (non-hydrogen) atoms. The Hall–Kier alpha value is -4.74. The van der Waals surface area contributed by atoms with E-state index in [9.17, 15) is 0 Å². The zero-order chi connectivity index (χ0) is 25.5. The Morgan fingerprint density at radius 3 is 2.05 bits per heavy atom. The number of fused-ring (bicyclic) bond motifs is 9. The summed E-state index contributed by atoms with van der Waals surface area (Å²) in [4.78, 5) is 2.40. The Morgan fingerprint density at radius 2 is 1.21 bits per heavy atom. The quantitative estimate of drug-likeness (QED) is 0.219. The largest absolute Gasteiger partial charge is 0.468 e. The zero-order valence-electron chi connectivity index (χ0n) is 20.8. The molecule has 0 unspecified atom stereocenters. The van der Waals surface area contributed by atoms with E-state index in [4.69, 9.17) is 8.83 Å². The van der Waals surface area contributed by atoms with Gasteiger partial charge in [-0.2, -0.15) is 0 Å². The van der Waals surface area contributed by atoms with Crippen molar-refractivity contribution >= 4 is 94.0 Å². The van der Waals surface area contributed by atoms with E-state index in [2.05, 4.69) is 108 Å². The maximum atomic E-state index is 6.74. The summed E-state index contributed by atoms with van der Waals surface area (Å²) in [7, 11) is 0. The number of rotatable bonds is 2. The molecule has 3 aromatic heterocycles. The smallest absolute Gasteiger partial charge is 0.305 e. The van der Waals surface area contributed by atoms with Crippen molar-refractivity contribution < 1.29 is 8.83 Å². The van der Waals surface area contributed by atoms with Gasteiger partial charge >= 0.3 is 6.71 Å². The summed E-state index contributed by atoms with van der Waals surface area (Å²) >= 11 is 1.86. The molecule has 3 nitrogen and oxygen atoms in total. The van der Waals surface area contributed by atoms with E-state index < -0.39 is 0 Å². The highest BCUT2D eigenvalue weighted by Gasteiger charge is 2.42. The Morgan fingerprint density at radius 1 is 0.538 bits per heavy atom. The van der Waals surface area contributed by atoms with E-state index in [1.807, 2.05) is 29.5 Å². The van der Waals surface area contributed by atoms with Gasteiger partial charge in [-0.25, -0.2) is 0 Å². The fraction of sp³-hybridized carbons (Fsp3) is 0. The van der Waals surface area contributed by atoms with Gasteiger partial charge in [-0.3, -0.25) is 0 Å². The van der Waals surface area contributed by atoms with Crippen LogP contribution in [0.1, 0.15) is 0 Å². The molecule has 1 aliphatic rings. The first-order chi connectivity index (χ1) is 19.3. The molecule has 4 heterocycles. The van der Waals surface area contributed by atoms with Crippen LogP contribution < -0.4 is 20.8 Å². The number of thiophene rings is 1. The molecular weight excluding hydrogens is 497 g/mol. The van der Waals surface area contributed by atoms with Crippen molar-refractivity contribution in [2.45, 2.75) is 0 Å². The number of furan rings is 2. The van der Waals surface area contributed by atoms with Gasteiger partial charge in [0.1, 0.15) is 22.4 Å². The van der Waals surface area contributed by atoms with Gasteiger partial charge in [0.2, 0.25) is 0 Å². The summed E-state index contributed by atoms with van der Waals surface area (Å²) in [6.45, 7) is 0.00665. The van der Waals surface area contributed by atoms with Gasteiger partial charge in [-0.05, 0) is 36.4 Å². The van der Waals surface area contributed by atoms with Crippen LogP contribution in [-0.2, 0) is 0 Å². The Balaban J connectivity index is 1.40. The molecule has 0 saturated carbocycles. The van der Waals surface area contributed by atoms with E-state index in [0.29, 0.717) is 0 Å². The highest BCUT2D eigenvalue weighted by molar-refractivity contribution is 7.33. The molecule has 0 aliphatic carbocycles. The molecule has 182 valence electrons. The summed E-state index contributed by atoms with van der Waals surface area (Å²) in [6.07, 6.45) is 0. The van der Waals surface area contributed by atoms with Crippen molar-refractivity contribution in [1.82, 2.24) is 0 Å². The van der Waals surface area contributed by atoms with Crippen LogP contribution in [0.15, 0.2) is 130 Å². The van der Waals surface area contributed by atoms with Crippen molar-refractivity contribution in [3.8, 4) is 0 Å². The number of para-hydroxylation sites is 2. The fourth-order valence-electron chi connectivity index (χ4n) is 6.25. The maximum Gasteiger partial charge on any atom is 0.305 e. The first-order valence-electron chi connectivity index (χ1n) is 13.1. The first kappa shape index (κ1) is 21.2. The number of anilines is 3. The molecular formula is C34H20BNO2S. The molecule has 0 bridgehead atoms. The standard InChI is InChI=1S/C34H20BNO2S/c1-2-10-21(11-3-1)35-33-31(25-13-5-8-16-28(25)38-33)36(32-26-14-6-9-17-30(26)39-34(32)35)22-18-19-24-23-12-4-7-15-27(23)37-29(24)20-22/h1-20H. The summed E-state index contributed by atoms with van der Waals surface area (Å²) in [5.41, 5.74) is 8.29. The maximum absolute atomic E-state index is 6.74. The predicted molar refractivity (Wildman–Crippen MR) is 165 cm³/mol. The molecule has 0 N–H and O–H groups in total. The van der Waals surface area contributed by atoms with Crippen molar-refractivity contribution in [3.63, 3.8) is 0 Å². The first-order valence-corrected chi connectivity index (χ1v) is 14.0. The van der Waals surface area contributed by atoms with Crippen molar-refractivity contribution in [2.75, 3.05) is 4.90 Å². The van der Waals surface area contributed by atoms with Crippen molar-refractivity contribution in [1.29, 1.82) is 0 Å². The second-order valence-corrected chi connectivity index (χ2v) is 11.2. The van der Waals surface area contributed by atoms with Gasteiger partial charge in [0.05, 0.1) is 17.1 Å². The molecule has 0 fully saturated rings. The second kappa shape index (κ2) is 7.89. The lowest BCUT2D eigenvalue weighted by molar-refractivity contribution is 0.651. The molecule has 0 amide bonds. The van der Waals surface area contributed by atoms with E-state index in [-0.39, 0.29) is 6.71 Å². The van der Waals surface area contributed by atoms with Crippen LogP contribution in [-0.4, -0.2) is 6.71 Å². The van der Waals surface area contributed by atoms with Gasteiger partial charge in [0, 0.05) is 37.1 Å². The summed E-state index contributed by atoms with van der Waals surface area (Å²) in [6, 6.07) is 42.7. The van der Waals surface area contributed by atoms with Gasteiger partial charge in [-0.1, -0.05) is 84.3 Å². The van der Waals surface area contributed by atoms with Gasteiger partial charge in [0.15, 0.2) is 0 Å². The number of hydrogen-bond donors (Lipinski definition) is 0. The third-order valence-electron chi connectivity index (χ3n) is 7.92. The molecule has 0 spiro atoms. The van der Waals surface area contributed by atoms with Crippen LogP contribution >= 0.6 is 11.3 Å². The minimum Gasteiger partial charge on any atom is -0.468 e. The molecule has 8 aromatic rings. The lowest BCUT2D eigenvalue weighted by Gasteiger charge is -2.32. The van der Waals surface area contributed by atoms with Crippen molar-refractivity contribution in [3.05, 3.63) is 121 Å². The highest BCUT2D eigenvalue weighted by atomic mass is 32.1. The van der Waals surface area contributed by atoms with Gasteiger partial charge in [-0.15, -0.1) is 11.3 Å². The van der Waals surface area contributed by atoms with E-state index in [0.717, 1.165) is 49.9 Å². The SMILES string of the molecule is c1ccc(B2c3oc4ccccc4c3N(c3ccc4c(c3)oc3ccccc34)c3c2sc2ccccc32)cc1. The summed E-state index contributed by atoms with van der Waals surface area (Å²) < 4.78 is 15.6. The van der Waals surface area contributed by atoms with Crippen LogP contribution in [0.4, 0.5) is 17.1 Å². The molecule has 5 aromatic carbocycles. The molecule has 5 heteroatoms. The number of benzene rings is 5. The molecule has 1 aliphatic heterocycles. The minimum absolute atomic E-state index is 0.00665. The van der Waals surface area contributed by atoms with Gasteiger partial charge in [0.25, 0.3) is 0 Å². The molecule has 0 saturated heterocycles. The van der Waals surface area contributed by atoms with E-state index in [1.54, 1.807) is 0 Å². The Bertz CT molecular complexity index is 2130. The monoisotopic (exact) mass is 517 g/mol. The molecule has 0 atom stereocenters. The topological polar surface area (TPSA) is 29.5 Å². The molecule has 9 rings (SSSR count). The Labute approximate surface area is 228 Å². The second-order valence-electron chi connectivity index (χ2n) is 10.1. The third kappa shape index (κ3) is 2.93. The summed E-state index contributed by atoms with van der Waals surface area (Å²) in [5.74, 6) is 0. The predicted octanol–water partition coefficient (Wildman–Crippen LogP) is 7.85. The van der Waals surface area contributed by atoms with Gasteiger partial charge < -0.3 is 13.7 Å². The number of nitrogens with zero attached hydrogens (tertiary/aromatic N) is 1. The van der Waals surface area contributed by atoms with E-state index in [1.165, 1.54) is 26.0 Å². The minimum atomic E-state index is 0.00665. The zero-order valence-corrected chi connectivity index (χ0v) is 21.6. The van der Waals surface area contributed by atoms with Crippen LogP contribution in [0.2, 0.25) is 0 Å². The van der Waals surface area contributed by atoms with Crippen LogP contribution in [0.3, 0.4) is 0 Å². The normalized spacial score (nSPS) is 13.0. The average molecular weight is 517 g/mol. The van der Waals surface area contributed by atoms with Crippen LogP contribution in [0.5, 0.6) is 0 Å². The average Bonchev–Trinajstić information content (AvgIpc) is 3.67. The van der Waals surface area contributed by atoms with Crippen molar-refractivity contribution in [2.24, 2.45) is 0 Å². The van der Waals surface area contributed by atoms with Crippen LogP contribution in [0, 0.1) is 0 Å². The third-order valence-corrected chi connectivity index (χ3v) is 9.14. The number of hydrogen-bond acceptors (Lipinski definition) is 4. The van der Waals surface area contributed by atoms with Crippen LogP contribution in [0.25, 0.3) is 43.0 Å². The Kier molecular flexibility index (Phi) is 4.29.